The lowest BCUT2D eigenvalue weighted by molar-refractivity contribution is 0.579. The van der Waals surface area contributed by atoms with Gasteiger partial charge in [-0.05, 0) is 18.4 Å². The summed E-state index contributed by atoms with van der Waals surface area (Å²) in [4.78, 5) is 2.72. The van der Waals surface area contributed by atoms with Crippen molar-refractivity contribution in [3.63, 3.8) is 0 Å². The molecule has 0 radical (unpaired) electrons. The molecule has 0 aromatic heterocycles. The van der Waals surface area contributed by atoms with Gasteiger partial charge in [0, 0.05) is 16.8 Å². The minimum atomic E-state index is 0.667. The van der Waals surface area contributed by atoms with Crippen molar-refractivity contribution >= 4 is 15.9 Å². The van der Waals surface area contributed by atoms with Gasteiger partial charge in [0.15, 0.2) is 0 Å². The molecule has 0 aromatic carbocycles. The summed E-state index contributed by atoms with van der Waals surface area (Å²) in [6.07, 6.45) is 10.2. The van der Waals surface area contributed by atoms with E-state index in [1.54, 1.807) is 0 Å². The van der Waals surface area contributed by atoms with Crippen molar-refractivity contribution in [3.05, 3.63) is 10.4 Å². The van der Waals surface area contributed by atoms with E-state index in [2.05, 4.69) is 26.0 Å². The molecule has 4 heteroatoms. The van der Waals surface area contributed by atoms with Crippen molar-refractivity contribution in [1.82, 2.24) is 0 Å². The summed E-state index contributed by atoms with van der Waals surface area (Å²) in [6.45, 7) is 0.667. The van der Waals surface area contributed by atoms with Gasteiger partial charge in [0.05, 0.1) is 0 Å². The Labute approximate surface area is 95.0 Å². The van der Waals surface area contributed by atoms with Gasteiger partial charge in [-0.3, -0.25) is 0 Å². The number of azide groups is 1. The van der Waals surface area contributed by atoms with E-state index in [9.17, 15) is 0 Å². The van der Waals surface area contributed by atoms with Gasteiger partial charge >= 0.3 is 0 Å². The molecule has 0 aromatic rings. The summed E-state index contributed by atoms with van der Waals surface area (Å²) < 4.78 is 0. The van der Waals surface area contributed by atoms with Crippen LogP contribution in [0.5, 0.6) is 0 Å². The third-order valence-corrected chi connectivity index (χ3v) is 2.77. The Morgan fingerprint density at radius 3 is 1.86 bits per heavy atom. The maximum absolute atomic E-state index is 8.04. The first kappa shape index (κ1) is 13.8. The first-order valence-electron chi connectivity index (χ1n) is 5.48. The van der Waals surface area contributed by atoms with Crippen molar-refractivity contribution in [2.45, 2.75) is 51.4 Å². The van der Waals surface area contributed by atoms with E-state index in [-0.39, 0.29) is 0 Å². The maximum Gasteiger partial charge on any atom is 0.0257 e. The molecule has 82 valence electrons. The Hall–Kier alpha value is -0.210. The van der Waals surface area contributed by atoms with Crippen LogP contribution in [0.2, 0.25) is 0 Å². The van der Waals surface area contributed by atoms with E-state index in [1.165, 1.54) is 44.9 Å². The summed E-state index contributed by atoms with van der Waals surface area (Å²) in [5.41, 5.74) is 8.04. The van der Waals surface area contributed by atoms with Crippen LogP contribution in [-0.2, 0) is 0 Å². The minimum Gasteiger partial charge on any atom is -0.0940 e. The molecule has 0 amide bonds. The maximum atomic E-state index is 8.04. The largest absolute Gasteiger partial charge is 0.0940 e. The Kier molecular flexibility index (Phi) is 12.6. The van der Waals surface area contributed by atoms with Crippen LogP contribution in [0.25, 0.3) is 10.4 Å². The van der Waals surface area contributed by atoms with Gasteiger partial charge in [0.1, 0.15) is 0 Å². The standard InChI is InChI=1S/C10H20BrN3/c11-9-7-5-3-1-2-4-6-8-10-13-14-12/h1-10H2. The van der Waals surface area contributed by atoms with E-state index in [0.717, 1.165) is 11.8 Å². The van der Waals surface area contributed by atoms with Crippen LogP contribution < -0.4 is 0 Å². The van der Waals surface area contributed by atoms with Gasteiger partial charge in [-0.2, -0.15) is 0 Å². The Bertz CT molecular complexity index is 155. The van der Waals surface area contributed by atoms with Gasteiger partial charge in [0.25, 0.3) is 0 Å². The molecule has 0 saturated heterocycles. The molecule has 0 rings (SSSR count). The lowest BCUT2D eigenvalue weighted by Gasteiger charge is -1.99. The average Bonchev–Trinajstić information content (AvgIpc) is 2.21. The Balaban J connectivity index is 2.88. The molecule has 0 atom stereocenters. The van der Waals surface area contributed by atoms with Crippen molar-refractivity contribution in [3.8, 4) is 0 Å². The zero-order valence-electron chi connectivity index (χ0n) is 8.79. The second-order valence-corrected chi connectivity index (χ2v) is 4.26. The fourth-order valence-corrected chi connectivity index (χ4v) is 1.78. The SMILES string of the molecule is [N-]=[N+]=NCCCCCCCCCCBr. The van der Waals surface area contributed by atoms with Crippen LogP contribution in [0.15, 0.2) is 5.11 Å². The van der Waals surface area contributed by atoms with E-state index in [4.69, 9.17) is 5.53 Å². The molecule has 0 aliphatic carbocycles. The quantitative estimate of drug-likeness (QED) is 0.178. The summed E-state index contributed by atoms with van der Waals surface area (Å²) in [6, 6.07) is 0. The van der Waals surface area contributed by atoms with Crippen molar-refractivity contribution in [1.29, 1.82) is 0 Å². The smallest absolute Gasteiger partial charge is 0.0257 e. The first-order valence-corrected chi connectivity index (χ1v) is 6.60. The highest BCUT2D eigenvalue weighted by Crippen LogP contribution is 2.09. The first-order chi connectivity index (χ1) is 6.91. The number of hydrogen-bond donors (Lipinski definition) is 0. The highest BCUT2D eigenvalue weighted by Gasteiger charge is 1.91. The minimum absolute atomic E-state index is 0.667. The van der Waals surface area contributed by atoms with Crippen LogP contribution in [-0.4, -0.2) is 11.9 Å². The number of unbranched alkanes of at least 4 members (excludes halogenated alkanes) is 7. The molecule has 0 aliphatic rings. The predicted octanol–water partition coefficient (Wildman–Crippen LogP) is 4.81. The van der Waals surface area contributed by atoms with Gasteiger partial charge in [-0.25, -0.2) is 0 Å². The van der Waals surface area contributed by atoms with Crippen LogP contribution in [0, 0.1) is 0 Å². The van der Waals surface area contributed by atoms with Crippen molar-refractivity contribution in [2.24, 2.45) is 5.11 Å². The molecule has 0 aliphatic heterocycles. The molecule has 0 saturated carbocycles. The van der Waals surface area contributed by atoms with E-state index >= 15 is 0 Å². The van der Waals surface area contributed by atoms with E-state index in [1.807, 2.05) is 0 Å². The topological polar surface area (TPSA) is 48.8 Å². The summed E-state index contributed by atoms with van der Waals surface area (Å²) in [5, 5.41) is 4.64. The molecule has 0 bridgehead atoms. The summed E-state index contributed by atoms with van der Waals surface area (Å²) in [7, 11) is 0. The fourth-order valence-electron chi connectivity index (χ4n) is 1.38. The summed E-state index contributed by atoms with van der Waals surface area (Å²) >= 11 is 3.43. The Morgan fingerprint density at radius 2 is 1.36 bits per heavy atom. The van der Waals surface area contributed by atoms with E-state index < -0.39 is 0 Å². The lowest BCUT2D eigenvalue weighted by Crippen LogP contribution is -1.83. The molecule has 3 nitrogen and oxygen atoms in total. The normalized spacial score (nSPS) is 9.79. The van der Waals surface area contributed by atoms with E-state index in [0.29, 0.717) is 6.54 Å². The molecule has 0 N–H and O–H groups in total. The highest BCUT2D eigenvalue weighted by atomic mass is 79.9. The van der Waals surface area contributed by atoms with Gasteiger partial charge in [0.2, 0.25) is 0 Å². The van der Waals surface area contributed by atoms with Gasteiger partial charge < -0.3 is 0 Å². The van der Waals surface area contributed by atoms with Crippen LogP contribution >= 0.6 is 15.9 Å². The molecule has 0 heterocycles. The van der Waals surface area contributed by atoms with Crippen LogP contribution in [0.4, 0.5) is 0 Å². The number of alkyl halides is 1. The summed E-state index contributed by atoms with van der Waals surface area (Å²) in [5.74, 6) is 0. The van der Waals surface area contributed by atoms with Crippen molar-refractivity contribution < 1.29 is 0 Å². The molecule has 0 fully saturated rings. The molecule has 0 spiro atoms. The fraction of sp³-hybridized carbons (Fsp3) is 1.00. The Morgan fingerprint density at radius 1 is 0.857 bits per heavy atom. The lowest BCUT2D eigenvalue weighted by atomic mass is 10.1. The third-order valence-electron chi connectivity index (χ3n) is 2.20. The molecule has 14 heavy (non-hydrogen) atoms. The molecule has 0 unspecified atom stereocenters. The molecular weight excluding hydrogens is 242 g/mol. The zero-order chi connectivity index (χ0) is 10.5. The highest BCUT2D eigenvalue weighted by molar-refractivity contribution is 9.09. The number of halogens is 1. The van der Waals surface area contributed by atoms with Crippen LogP contribution in [0.3, 0.4) is 0 Å². The monoisotopic (exact) mass is 261 g/mol. The number of hydrogen-bond acceptors (Lipinski definition) is 1. The van der Waals surface area contributed by atoms with Crippen LogP contribution in [0.1, 0.15) is 51.4 Å². The second-order valence-electron chi connectivity index (χ2n) is 3.47. The molecular formula is C10H20BrN3. The number of rotatable bonds is 10. The third kappa shape index (κ3) is 11.8. The predicted molar refractivity (Wildman–Crippen MR) is 64.7 cm³/mol. The van der Waals surface area contributed by atoms with Gasteiger partial charge in [-0.1, -0.05) is 59.6 Å². The average molecular weight is 262 g/mol. The number of nitrogens with zero attached hydrogens (tertiary/aromatic N) is 3. The van der Waals surface area contributed by atoms with Gasteiger partial charge in [-0.15, -0.1) is 0 Å². The van der Waals surface area contributed by atoms with Crippen molar-refractivity contribution in [2.75, 3.05) is 11.9 Å². The second kappa shape index (κ2) is 12.8. The zero-order valence-corrected chi connectivity index (χ0v) is 10.4.